The molecule has 150 valence electrons. The molecule has 0 aromatic carbocycles. The van der Waals surface area contributed by atoms with Crippen LogP contribution in [0.2, 0.25) is 0 Å². The summed E-state index contributed by atoms with van der Waals surface area (Å²) in [4.78, 5) is 0. The van der Waals surface area contributed by atoms with Crippen LogP contribution in [0.4, 0.5) is 43.9 Å². The van der Waals surface area contributed by atoms with Crippen molar-refractivity contribution in [1.29, 1.82) is 0 Å². The van der Waals surface area contributed by atoms with E-state index in [9.17, 15) is 60.7 Å². The van der Waals surface area contributed by atoms with E-state index in [2.05, 4.69) is 11.7 Å². The Hall–Kier alpha value is -0.960. The van der Waals surface area contributed by atoms with Crippen molar-refractivity contribution in [2.75, 3.05) is 0 Å². The van der Waals surface area contributed by atoms with Gasteiger partial charge in [-0.2, -0.15) is 60.7 Å². The van der Waals surface area contributed by atoms with Crippen LogP contribution in [0, 0.1) is 0 Å². The summed E-state index contributed by atoms with van der Waals surface area (Å²) in [5, 5.41) is -12.2. The second-order valence-electron chi connectivity index (χ2n) is 2.98. The van der Waals surface area contributed by atoms with Crippen molar-refractivity contribution in [3.8, 4) is 0 Å². The fraction of sp³-hybridized carbons (Fsp3) is 1.00. The number of nitrogens with two attached hydrogens (primary N) is 2. The molecule has 0 rings (SSSR count). The molecule has 0 radical (unpaired) electrons. The van der Waals surface area contributed by atoms with Gasteiger partial charge in [-0.05, 0) is 0 Å². The summed E-state index contributed by atoms with van der Waals surface area (Å²) in [5.74, 6) is 8.00. The van der Waals surface area contributed by atoms with Crippen LogP contribution in [-0.2, 0) is 20.2 Å². The predicted molar refractivity (Wildman–Crippen MR) is 53.5 cm³/mol. The first-order valence-electron chi connectivity index (χ1n) is 4.16. The highest BCUT2D eigenvalue weighted by Crippen LogP contribution is 2.39. The molecule has 8 nitrogen and oxygen atoms in total. The van der Waals surface area contributed by atoms with Gasteiger partial charge in [-0.3, -0.25) is 20.8 Å². The van der Waals surface area contributed by atoms with Crippen LogP contribution in [0.3, 0.4) is 0 Å². The molecule has 0 saturated heterocycles. The number of rotatable bonds is 2. The van der Waals surface area contributed by atoms with Crippen molar-refractivity contribution in [2.24, 2.45) is 11.7 Å². The molecular formula is C4H6F10N2O6S2. The molecule has 0 aromatic rings. The largest absolute Gasteiger partial charge is 0.472 e. The topological polar surface area (TPSA) is 161 Å². The molecule has 0 unspecified atom stereocenters. The Balaban J connectivity index is -0.000000333. The Morgan fingerprint density at radius 2 is 0.667 bits per heavy atom. The quantitative estimate of drug-likeness (QED) is 0.216. The fourth-order valence-corrected chi connectivity index (χ4v) is 0.877. The third kappa shape index (κ3) is 6.88. The second-order valence-corrected chi connectivity index (χ2v) is 5.90. The summed E-state index contributed by atoms with van der Waals surface area (Å²) in [5.41, 5.74) is 0. The van der Waals surface area contributed by atoms with Crippen LogP contribution < -0.4 is 11.7 Å². The van der Waals surface area contributed by atoms with Gasteiger partial charge in [0.05, 0.1) is 0 Å². The number of hydrogen-bond donors (Lipinski definition) is 4. The molecule has 0 aliphatic carbocycles. The molecule has 6 N–H and O–H groups in total. The monoisotopic (exact) mass is 432 g/mol. The lowest BCUT2D eigenvalue weighted by atomic mass is 10.7. The van der Waals surface area contributed by atoms with Crippen molar-refractivity contribution in [2.45, 2.75) is 22.9 Å². The average Bonchev–Trinajstić information content (AvgIpc) is 2.26. The van der Waals surface area contributed by atoms with Crippen molar-refractivity contribution >= 4 is 20.2 Å². The molecule has 20 heteroatoms. The standard InChI is InChI=1S/2C2HF5O3S.H4N2/c2*3-1(4,5)2(6,7)11(8,9)10;1-2/h2*(H,8,9,10);1-2H2. The van der Waals surface area contributed by atoms with Gasteiger partial charge in [0, 0.05) is 0 Å². The van der Waals surface area contributed by atoms with Gasteiger partial charge in [0.15, 0.2) is 0 Å². The highest BCUT2D eigenvalue weighted by atomic mass is 32.2. The highest BCUT2D eigenvalue weighted by molar-refractivity contribution is 7.87. The minimum Gasteiger partial charge on any atom is -0.281 e. The molecule has 0 aromatic heterocycles. The minimum atomic E-state index is -6.42. The molecule has 0 fully saturated rings. The van der Waals surface area contributed by atoms with Gasteiger partial charge in [-0.1, -0.05) is 0 Å². The zero-order valence-electron chi connectivity index (χ0n) is 10.3. The van der Waals surface area contributed by atoms with E-state index in [1.807, 2.05) is 0 Å². The van der Waals surface area contributed by atoms with Crippen LogP contribution in [0.15, 0.2) is 0 Å². The van der Waals surface area contributed by atoms with E-state index in [-0.39, 0.29) is 0 Å². The predicted octanol–water partition coefficient (Wildman–Crippen LogP) is 0.877. The average molecular weight is 432 g/mol. The van der Waals surface area contributed by atoms with Crippen molar-refractivity contribution in [1.82, 2.24) is 0 Å². The normalized spacial score (nSPS) is 14.1. The molecule has 0 aliphatic rings. The molecule has 0 atom stereocenters. The van der Waals surface area contributed by atoms with E-state index in [1.165, 1.54) is 0 Å². The zero-order valence-corrected chi connectivity index (χ0v) is 11.9. The third-order valence-electron chi connectivity index (χ3n) is 1.31. The Kier molecular flexibility index (Phi) is 9.23. The summed E-state index contributed by atoms with van der Waals surface area (Å²) < 4.78 is 164. The second kappa shape index (κ2) is 7.95. The Morgan fingerprint density at radius 1 is 0.542 bits per heavy atom. The molecule has 0 aliphatic heterocycles. The van der Waals surface area contributed by atoms with E-state index in [4.69, 9.17) is 9.11 Å². The molecule has 0 bridgehead atoms. The molecule has 24 heavy (non-hydrogen) atoms. The molecule has 0 saturated carbocycles. The van der Waals surface area contributed by atoms with Crippen LogP contribution in [0.5, 0.6) is 0 Å². The van der Waals surface area contributed by atoms with Gasteiger partial charge in [0.1, 0.15) is 0 Å². The van der Waals surface area contributed by atoms with E-state index in [1.54, 1.807) is 0 Å². The van der Waals surface area contributed by atoms with Crippen molar-refractivity contribution in [3.05, 3.63) is 0 Å². The van der Waals surface area contributed by atoms with Crippen LogP contribution in [0.25, 0.3) is 0 Å². The van der Waals surface area contributed by atoms with Gasteiger partial charge in [0.2, 0.25) is 0 Å². The summed E-state index contributed by atoms with van der Waals surface area (Å²) in [6.07, 6.45) is -12.6. The summed E-state index contributed by atoms with van der Waals surface area (Å²) >= 11 is 0. The number of alkyl halides is 10. The van der Waals surface area contributed by atoms with Gasteiger partial charge >= 0.3 is 43.1 Å². The maximum Gasteiger partial charge on any atom is 0.472 e. The van der Waals surface area contributed by atoms with Crippen molar-refractivity contribution in [3.63, 3.8) is 0 Å². The van der Waals surface area contributed by atoms with E-state index in [0.717, 1.165) is 0 Å². The summed E-state index contributed by atoms with van der Waals surface area (Å²) in [7, 11) is -12.8. The number of halogens is 10. The summed E-state index contributed by atoms with van der Waals surface area (Å²) in [6.45, 7) is 0. The van der Waals surface area contributed by atoms with Crippen LogP contribution >= 0.6 is 0 Å². The maximum absolute atomic E-state index is 11.5. The Bertz CT molecular complexity index is 538. The molecular weight excluding hydrogens is 426 g/mol. The smallest absolute Gasteiger partial charge is 0.281 e. The van der Waals surface area contributed by atoms with E-state index < -0.39 is 43.1 Å². The van der Waals surface area contributed by atoms with Gasteiger partial charge in [-0.25, -0.2) is 0 Å². The highest BCUT2D eigenvalue weighted by Gasteiger charge is 2.68. The van der Waals surface area contributed by atoms with Gasteiger partial charge in [-0.15, -0.1) is 0 Å². The fourth-order valence-electron chi connectivity index (χ4n) is 0.292. The van der Waals surface area contributed by atoms with E-state index in [0.29, 0.717) is 0 Å². The zero-order chi connectivity index (χ0) is 21.0. The lowest BCUT2D eigenvalue weighted by Gasteiger charge is -2.15. The van der Waals surface area contributed by atoms with Gasteiger partial charge in [0.25, 0.3) is 0 Å². The minimum absolute atomic E-state index is 4.00. The number of hydrogen-bond acceptors (Lipinski definition) is 6. The Labute approximate surface area is 125 Å². The number of hydrazine groups is 1. The molecule has 0 amide bonds. The van der Waals surface area contributed by atoms with Crippen LogP contribution in [-0.4, -0.2) is 48.8 Å². The van der Waals surface area contributed by atoms with Crippen molar-refractivity contribution < 1.29 is 69.8 Å². The first kappa shape index (κ1) is 27.9. The first-order valence-corrected chi connectivity index (χ1v) is 7.04. The lowest BCUT2D eigenvalue weighted by Crippen LogP contribution is -2.43. The van der Waals surface area contributed by atoms with E-state index >= 15 is 0 Å². The van der Waals surface area contributed by atoms with Gasteiger partial charge < -0.3 is 0 Å². The third-order valence-corrected chi connectivity index (χ3v) is 3.07. The SMILES string of the molecule is NN.O=S(=O)(O)C(F)(F)C(F)(F)F.O=S(=O)(O)C(F)(F)C(F)(F)F. The molecule has 0 spiro atoms. The summed E-state index contributed by atoms with van der Waals surface area (Å²) in [6, 6.07) is 0. The Morgan fingerprint density at radius 3 is 0.667 bits per heavy atom. The maximum atomic E-state index is 11.5. The molecule has 0 heterocycles. The first-order chi connectivity index (χ1) is 10.0. The van der Waals surface area contributed by atoms with Crippen LogP contribution in [0.1, 0.15) is 0 Å². The lowest BCUT2D eigenvalue weighted by molar-refractivity contribution is -0.243.